The van der Waals surface area contributed by atoms with Crippen LogP contribution in [0, 0.1) is 9.49 Å². The molecular weight excluding hydrogens is 359 g/mol. The number of likely N-dealkylation sites (tertiary alicyclic amines) is 1. The van der Waals surface area contributed by atoms with Crippen molar-refractivity contribution in [2.75, 3.05) is 13.1 Å². The zero-order valence-corrected chi connectivity index (χ0v) is 13.8. The average Bonchev–Trinajstić information content (AvgIpc) is 2.33. The van der Waals surface area contributed by atoms with Crippen molar-refractivity contribution >= 4 is 35.0 Å². The van der Waals surface area contributed by atoms with Crippen molar-refractivity contribution in [1.29, 1.82) is 0 Å². The highest BCUT2D eigenvalue weighted by Gasteiger charge is 2.21. The molecule has 1 aromatic rings. The van der Waals surface area contributed by atoms with Crippen LogP contribution in [-0.4, -0.2) is 24.0 Å². The van der Waals surface area contributed by atoms with E-state index in [-0.39, 0.29) is 12.4 Å². The Labute approximate surface area is 130 Å². The molecule has 0 amide bonds. The third-order valence-electron chi connectivity index (χ3n) is 3.70. The molecule has 0 aliphatic carbocycles. The minimum absolute atomic E-state index is 0. The van der Waals surface area contributed by atoms with E-state index in [1.165, 1.54) is 35.1 Å². The minimum Gasteiger partial charge on any atom is -0.328 e. The molecule has 0 spiro atoms. The van der Waals surface area contributed by atoms with Crippen molar-refractivity contribution < 1.29 is 0 Å². The molecule has 0 radical (unpaired) electrons. The zero-order valence-electron chi connectivity index (χ0n) is 10.8. The third-order valence-corrected chi connectivity index (χ3v) is 4.41. The summed E-state index contributed by atoms with van der Waals surface area (Å²) >= 11 is 2.35. The quantitative estimate of drug-likeness (QED) is 0.816. The lowest BCUT2D eigenvalue weighted by Gasteiger charge is -2.33. The molecule has 1 unspecified atom stereocenters. The molecule has 2 rings (SSSR count). The Morgan fingerprint density at radius 1 is 1.28 bits per heavy atom. The molecule has 1 atom stereocenters. The number of nitrogens with zero attached hydrogens (tertiary/aromatic N) is 1. The summed E-state index contributed by atoms with van der Waals surface area (Å²) in [5.41, 5.74) is 7.38. The maximum atomic E-state index is 5.96. The lowest BCUT2D eigenvalue weighted by molar-refractivity contribution is 0.166. The van der Waals surface area contributed by atoms with Gasteiger partial charge in [-0.05, 0) is 79.1 Å². The molecular formula is C14H22ClIN2. The average molecular weight is 381 g/mol. The first kappa shape index (κ1) is 16.2. The van der Waals surface area contributed by atoms with E-state index in [4.69, 9.17) is 5.73 Å². The van der Waals surface area contributed by atoms with Crippen molar-refractivity contribution in [2.24, 2.45) is 11.7 Å². The SMILES string of the molecule is CC(N)C1CCN(Cc2ccc(I)cc2)CC1.Cl. The number of hydrogen-bond acceptors (Lipinski definition) is 2. The highest BCUT2D eigenvalue weighted by molar-refractivity contribution is 14.1. The zero-order chi connectivity index (χ0) is 12.3. The fraction of sp³-hybridized carbons (Fsp3) is 0.571. The molecule has 18 heavy (non-hydrogen) atoms. The van der Waals surface area contributed by atoms with Gasteiger partial charge in [-0.1, -0.05) is 12.1 Å². The van der Waals surface area contributed by atoms with Crippen molar-refractivity contribution in [3.8, 4) is 0 Å². The van der Waals surface area contributed by atoms with Gasteiger partial charge in [0.05, 0.1) is 0 Å². The van der Waals surface area contributed by atoms with Gasteiger partial charge in [-0.2, -0.15) is 0 Å². The number of nitrogens with two attached hydrogens (primary N) is 1. The van der Waals surface area contributed by atoms with Gasteiger partial charge >= 0.3 is 0 Å². The van der Waals surface area contributed by atoms with Gasteiger partial charge in [-0.3, -0.25) is 4.90 Å². The van der Waals surface area contributed by atoms with Gasteiger partial charge in [0.15, 0.2) is 0 Å². The van der Waals surface area contributed by atoms with Crippen LogP contribution in [0.4, 0.5) is 0 Å². The largest absolute Gasteiger partial charge is 0.328 e. The van der Waals surface area contributed by atoms with Gasteiger partial charge in [0.25, 0.3) is 0 Å². The smallest absolute Gasteiger partial charge is 0.0233 e. The van der Waals surface area contributed by atoms with E-state index in [0.29, 0.717) is 6.04 Å². The van der Waals surface area contributed by atoms with E-state index in [1.54, 1.807) is 0 Å². The van der Waals surface area contributed by atoms with Gasteiger partial charge in [-0.15, -0.1) is 12.4 Å². The molecule has 0 bridgehead atoms. The van der Waals surface area contributed by atoms with Gasteiger partial charge in [0, 0.05) is 16.2 Å². The molecule has 0 saturated carbocycles. The Morgan fingerprint density at radius 2 is 1.83 bits per heavy atom. The van der Waals surface area contributed by atoms with E-state index < -0.39 is 0 Å². The monoisotopic (exact) mass is 380 g/mol. The number of halogens is 2. The fourth-order valence-corrected chi connectivity index (χ4v) is 2.84. The second-order valence-corrected chi connectivity index (χ2v) is 6.34. The Kier molecular flexibility index (Phi) is 6.92. The van der Waals surface area contributed by atoms with Gasteiger partial charge in [0.1, 0.15) is 0 Å². The Bertz CT molecular complexity index is 345. The summed E-state index contributed by atoms with van der Waals surface area (Å²) in [4.78, 5) is 2.54. The van der Waals surface area contributed by atoms with Crippen molar-refractivity contribution in [3.05, 3.63) is 33.4 Å². The Hall–Kier alpha value is 0.160. The number of benzene rings is 1. The van der Waals surface area contributed by atoms with Crippen LogP contribution in [0.3, 0.4) is 0 Å². The summed E-state index contributed by atoms with van der Waals surface area (Å²) in [6.07, 6.45) is 2.50. The number of hydrogen-bond donors (Lipinski definition) is 1. The molecule has 102 valence electrons. The lowest BCUT2D eigenvalue weighted by atomic mass is 9.91. The molecule has 1 fully saturated rings. The highest BCUT2D eigenvalue weighted by Crippen LogP contribution is 2.21. The molecule has 1 aromatic carbocycles. The second kappa shape index (κ2) is 7.68. The van der Waals surface area contributed by atoms with Crippen LogP contribution in [-0.2, 0) is 6.54 Å². The van der Waals surface area contributed by atoms with Crippen molar-refractivity contribution in [3.63, 3.8) is 0 Å². The predicted octanol–water partition coefficient (Wildman–Crippen LogP) is 3.27. The van der Waals surface area contributed by atoms with Gasteiger partial charge < -0.3 is 5.73 Å². The normalized spacial score (nSPS) is 19.3. The van der Waals surface area contributed by atoms with Crippen LogP contribution in [0.5, 0.6) is 0 Å². The highest BCUT2D eigenvalue weighted by atomic mass is 127. The summed E-state index contributed by atoms with van der Waals surface area (Å²) in [7, 11) is 0. The topological polar surface area (TPSA) is 29.3 Å². The molecule has 1 aliphatic rings. The minimum atomic E-state index is 0. The summed E-state index contributed by atoms with van der Waals surface area (Å²) in [5.74, 6) is 0.725. The standard InChI is InChI=1S/C14H21IN2.ClH/c1-11(16)13-6-8-17(9-7-13)10-12-2-4-14(15)5-3-12;/h2-5,11,13H,6-10,16H2,1H3;1H. The summed E-state index contributed by atoms with van der Waals surface area (Å²) < 4.78 is 1.31. The molecule has 2 nitrogen and oxygen atoms in total. The maximum Gasteiger partial charge on any atom is 0.0233 e. The Morgan fingerprint density at radius 3 is 2.33 bits per heavy atom. The Balaban J connectivity index is 0.00000162. The lowest BCUT2D eigenvalue weighted by Crippen LogP contribution is -2.39. The molecule has 1 aliphatic heterocycles. The van der Waals surface area contributed by atoms with E-state index in [2.05, 4.69) is 58.7 Å². The second-order valence-electron chi connectivity index (χ2n) is 5.10. The fourth-order valence-electron chi connectivity index (χ4n) is 2.48. The summed E-state index contributed by atoms with van der Waals surface area (Å²) in [6, 6.07) is 9.20. The summed E-state index contributed by atoms with van der Waals surface area (Å²) in [5, 5.41) is 0. The van der Waals surface area contributed by atoms with E-state index in [9.17, 15) is 0 Å². The number of rotatable bonds is 3. The van der Waals surface area contributed by atoms with Crippen LogP contribution in [0.15, 0.2) is 24.3 Å². The first-order chi connectivity index (χ1) is 8.15. The third kappa shape index (κ3) is 4.68. The summed E-state index contributed by atoms with van der Waals surface area (Å²) in [6.45, 7) is 5.61. The predicted molar refractivity (Wildman–Crippen MR) is 88.1 cm³/mol. The molecule has 0 aromatic heterocycles. The molecule has 1 saturated heterocycles. The van der Waals surface area contributed by atoms with Gasteiger partial charge in [0.2, 0.25) is 0 Å². The van der Waals surface area contributed by atoms with E-state index in [0.717, 1.165) is 12.5 Å². The van der Waals surface area contributed by atoms with E-state index in [1.807, 2.05) is 0 Å². The van der Waals surface area contributed by atoms with Gasteiger partial charge in [-0.25, -0.2) is 0 Å². The van der Waals surface area contributed by atoms with Crippen LogP contribution >= 0.6 is 35.0 Å². The van der Waals surface area contributed by atoms with Crippen LogP contribution in [0.25, 0.3) is 0 Å². The first-order valence-electron chi connectivity index (χ1n) is 6.37. The molecule has 1 heterocycles. The van der Waals surface area contributed by atoms with Crippen LogP contribution in [0.1, 0.15) is 25.3 Å². The molecule has 2 N–H and O–H groups in total. The van der Waals surface area contributed by atoms with Crippen molar-refractivity contribution in [1.82, 2.24) is 4.90 Å². The first-order valence-corrected chi connectivity index (χ1v) is 7.45. The van der Waals surface area contributed by atoms with Crippen LogP contribution < -0.4 is 5.73 Å². The maximum absolute atomic E-state index is 5.96. The number of piperidine rings is 1. The van der Waals surface area contributed by atoms with Crippen molar-refractivity contribution in [2.45, 2.75) is 32.4 Å². The van der Waals surface area contributed by atoms with E-state index >= 15 is 0 Å². The molecule has 4 heteroatoms. The van der Waals surface area contributed by atoms with Crippen LogP contribution in [0.2, 0.25) is 0 Å².